The molecule has 1 aliphatic heterocycles. The Morgan fingerprint density at radius 1 is 1.25 bits per heavy atom. The Labute approximate surface area is 112 Å². The highest BCUT2D eigenvalue weighted by Crippen LogP contribution is 2.31. The predicted molar refractivity (Wildman–Crippen MR) is 66.2 cm³/mol. The van der Waals surface area contributed by atoms with Crippen LogP contribution in [0.1, 0.15) is 19.4 Å². The zero-order valence-corrected chi connectivity index (χ0v) is 10.7. The monoisotopic (exact) mass is 284 g/mol. The summed E-state index contributed by atoms with van der Waals surface area (Å²) in [6.45, 7) is 2.81. The average Bonchev–Trinajstić information content (AvgIpc) is 2.64. The molecule has 4 nitrogen and oxygen atoms in total. The number of ketones is 1. The molecule has 106 valence electrons. The van der Waals surface area contributed by atoms with Crippen LogP contribution in [-0.4, -0.2) is 17.4 Å². The van der Waals surface area contributed by atoms with Gasteiger partial charge in [0, 0.05) is 0 Å². The summed E-state index contributed by atoms with van der Waals surface area (Å²) in [4.78, 5) is 23.4. The number of carbonyl (C=O) groups is 2. The van der Waals surface area contributed by atoms with Crippen LogP contribution in [-0.2, 0) is 15.8 Å². The molecule has 0 radical (unpaired) electrons. The zero-order valence-electron chi connectivity index (χ0n) is 10.7. The van der Waals surface area contributed by atoms with Gasteiger partial charge in [0.25, 0.3) is 5.91 Å². The molecule has 0 N–H and O–H groups in total. The van der Waals surface area contributed by atoms with Gasteiger partial charge in [0.1, 0.15) is 11.7 Å². The van der Waals surface area contributed by atoms with E-state index in [-0.39, 0.29) is 11.5 Å². The van der Waals surface area contributed by atoms with E-state index in [9.17, 15) is 22.8 Å². The minimum absolute atomic E-state index is 0.200. The summed E-state index contributed by atoms with van der Waals surface area (Å²) in [6, 6.07) is 4.04. The number of anilines is 1. The van der Waals surface area contributed by atoms with Crippen LogP contribution in [0.5, 0.6) is 0 Å². The fraction of sp³-hybridized carbons (Fsp3) is 0.308. The van der Waals surface area contributed by atoms with E-state index in [1.54, 1.807) is 0 Å². The van der Waals surface area contributed by atoms with Gasteiger partial charge in [-0.15, -0.1) is 0 Å². The van der Waals surface area contributed by atoms with Gasteiger partial charge < -0.3 is 0 Å². The largest absolute Gasteiger partial charge is 0.416 e. The van der Waals surface area contributed by atoms with Crippen molar-refractivity contribution in [2.24, 2.45) is 11.0 Å². The maximum Gasteiger partial charge on any atom is 0.416 e. The molecule has 1 aliphatic rings. The molecule has 1 heterocycles. The van der Waals surface area contributed by atoms with Gasteiger partial charge in [-0.25, -0.2) is 0 Å². The molecule has 0 spiro atoms. The predicted octanol–water partition coefficient (Wildman–Crippen LogP) is 2.63. The highest BCUT2D eigenvalue weighted by Gasteiger charge is 2.38. The second kappa shape index (κ2) is 4.73. The number of nitrogens with zero attached hydrogens (tertiary/aromatic N) is 2. The molecule has 7 heteroatoms. The van der Waals surface area contributed by atoms with Crippen LogP contribution in [0.15, 0.2) is 29.4 Å². The van der Waals surface area contributed by atoms with Gasteiger partial charge in [-0.1, -0.05) is 0 Å². The first-order valence-electron chi connectivity index (χ1n) is 5.78. The van der Waals surface area contributed by atoms with Crippen molar-refractivity contribution in [3.63, 3.8) is 0 Å². The molecule has 0 fully saturated rings. The lowest BCUT2D eigenvalue weighted by Gasteiger charge is -2.14. The first kappa shape index (κ1) is 14.2. The van der Waals surface area contributed by atoms with Gasteiger partial charge in [0.2, 0.25) is 0 Å². The molecule has 1 unspecified atom stereocenters. The van der Waals surface area contributed by atoms with E-state index in [2.05, 4.69) is 5.10 Å². The number of Topliss-reactive ketones (excluding diaryl/α,β-unsaturated/α-hetero) is 1. The fourth-order valence-corrected chi connectivity index (χ4v) is 2.01. The Morgan fingerprint density at radius 2 is 1.80 bits per heavy atom. The first-order valence-corrected chi connectivity index (χ1v) is 5.78. The highest BCUT2D eigenvalue weighted by molar-refractivity contribution is 6.26. The second-order valence-electron chi connectivity index (χ2n) is 4.48. The summed E-state index contributed by atoms with van der Waals surface area (Å²) < 4.78 is 37.4. The average molecular weight is 284 g/mol. The zero-order chi connectivity index (χ0) is 15.1. The molecule has 0 bridgehead atoms. The smallest absolute Gasteiger partial charge is 0.299 e. The molecule has 0 saturated heterocycles. The molecule has 0 saturated carbocycles. The SMILES string of the molecule is CC(=O)C1C(=O)N(c2ccc(C(F)(F)F)cc2)N=C1C. The number of hydrogen-bond donors (Lipinski definition) is 0. The molecular formula is C13H11F3N2O2. The topological polar surface area (TPSA) is 49.7 Å². The third kappa shape index (κ3) is 2.43. The van der Waals surface area contributed by atoms with Gasteiger partial charge in [-0.05, 0) is 38.1 Å². The Balaban J connectivity index is 2.30. The number of hydrazone groups is 1. The molecule has 1 amide bonds. The van der Waals surface area contributed by atoms with E-state index in [1.165, 1.54) is 13.8 Å². The number of halogens is 3. The van der Waals surface area contributed by atoms with Crippen LogP contribution in [0.4, 0.5) is 18.9 Å². The van der Waals surface area contributed by atoms with Crippen LogP contribution in [0.25, 0.3) is 0 Å². The summed E-state index contributed by atoms with van der Waals surface area (Å²) in [5, 5.41) is 4.89. The lowest BCUT2D eigenvalue weighted by molar-refractivity contribution is -0.137. The molecule has 1 aromatic carbocycles. The number of alkyl halides is 3. The number of benzene rings is 1. The van der Waals surface area contributed by atoms with Crippen molar-refractivity contribution < 1.29 is 22.8 Å². The van der Waals surface area contributed by atoms with E-state index in [0.717, 1.165) is 29.3 Å². The van der Waals surface area contributed by atoms with E-state index < -0.39 is 23.6 Å². The summed E-state index contributed by atoms with van der Waals surface area (Å²) in [5.41, 5.74) is -0.273. The molecule has 0 aromatic heterocycles. The van der Waals surface area contributed by atoms with Crippen LogP contribution in [0, 0.1) is 5.92 Å². The van der Waals surface area contributed by atoms with Crippen molar-refractivity contribution in [1.29, 1.82) is 0 Å². The first-order chi connectivity index (χ1) is 9.21. The number of rotatable bonds is 2. The molecule has 1 atom stereocenters. The Morgan fingerprint density at radius 3 is 2.20 bits per heavy atom. The minimum Gasteiger partial charge on any atom is -0.299 e. The van der Waals surface area contributed by atoms with Gasteiger partial charge >= 0.3 is 6.18 Å². The lowest BCUT2D eigenvalue weighted by Crippen LogP contribution is -2.31. The molecule has 2 rings (SSSR count). The van der Waals surface area contributed by atoms with Gasteiger partial charge in [0.05, 0.1) is 17.0 Å². The third-order valence-corrected chi connectivity index (χ3v) is 2.98. The highest BCUT2D eigenvalue weighted by atomic mass is 19.4. The van der Waals surface area contributed by atoms with Crippen molar-refractivity contribution in [2.45, 2.75) is 20.0 Å². The fourth-order valence-electron chi connectivity index (χ4n) is 2.01. The van der Waals surface area contributed by atoms with E-state index >= 15 is 0 Å². The van der Waals surface area contributed by atoms with Crippen LogP contribution >= 0.6 is 0 Å². The maximum absolute atomic E-state index is 12.5. The Kier molecular flexibility index (Phi) is 3.37. The van der Waals surface area contributed by atoms with Crippen LogP contribution in [0.2, 0.25) is 0 Å². The van der Waals surface area contributed by atoms with Gasteiger partial charge in [-0.3, -0.25) is 9.59 Å². The van der Waals surface area contributed by atoms with E-state index in [1.807, 2.05) is 0 Å². The summed E-state index contributed by atoms with van der Waals surface area (Å²) in [5.74, 6) is -1.84. The van der Waals surface area contributed by atoms with Crippen molar-refractivity contribution >= 4 is 23.1 Å². The summed E-state index contributed by atoms with van der Waals surface area (Å²) in [7, 11) is 0. The van der Waals surface area contributed by atoms with Crippen molar-refractivity contribution in [3.05, 3.63) is 29.8 Å². The molecule has 20 heavy (non-hydrogen) atoms. The van der Waals surface area contributed by atoms with E-state index in [0.29, 0.717) is 5.71 Å². The number of amides is 1. The van der Waals surface area contributed by atoms with E-state index in [4.69, 9.17) is 0 Å². The van der Waals surface area contributed by atoms with Crippen molar-refractivity contribution in [3.8, 4) is 0 Å². The van der Waals surface area contributed by atoms with Gasteiger partial charge in [0.15, 0.2) is 0 Å². The Bertz CT molecular complexity index is 591. The summed E-state index contributed by atoms with van der Waals surface area (Å²) in [6.07, 6.45) is -4.44. The second-order valence-corrected chi connectivity index (χ2v) is 4.48. The number of carbonyl (C=O) groups excluding carboxylic acids is 2. The molecule has 0 aliphatic carbocycles. The molecule has 1 aromatic rings. The normalized spacial score (nSPS) is 19.2. The third-order valence-electron chi connectivity index (χ3n) is 2.98. The summed E-state index contributed by atoms with van der Waals surface area (Å²) >= 11 is 0. The lowest BCUT2D eigenvalue weighted by atomic mass is 10.0. The minimum atomic E-state index is -4.44. The number of hydrogen-bond acceptors (Lipinski definition) is 3. The van der Waals surface area contributed by atoms with Crippen LogP contribution in [0.3, 0.4) is 0 Å². The molecular weight excluding hydrogens is 273 g/mol. The van der Waals surface area contributed by atoms with Crippen molar-refractivity contribution in [1.82, 2.24) is 0 Å². The van der Waals surface area contributed by atoms with Crippen molar-refractivity contribution in [2.75, 3.05) is 5.01 Å². The Hall–Kier alpha value is -2.18. The standard InChI is InChI=1S/C13H11F3N2O2/c1-7-11(8(2)19)12(20)18(17-7)10-5-3-9(4-6-10)13(14,15)16/h3-6,11H,1-2H3. The van der Waals surface area contributed by atoms with Gasteiger partial charge in [-0.2, -0.15) is 23.3 Å². The quantitative estimate of drug-likeness (QED) is 0.784. The maximum atomic E-state index is 12.5. The van der Waals surface area contributed by atoms with Crippen LogP contribution < -0.4 is 5.01 Å².